The van der Waals surface area contributed by atoms with Crippen molar-refractivity contribution in [2.45, 2.75) is 13.8 Å². The molecule has 1 aliphatic rings. The van der Waals surface area contributed by atoms with Crippen molar-refractivity contribution in [3.05, 3.63) is 39.4 Å². The summed E-state index contributed by atoms with van der Waals surface area (Å²) in [6, 6.07) is 3.69. The van der Waals surface area contributed by atoms with E-state index in [4.69, 9.17) is 4.74 Å². The summed E-state index contributed by atoms with van der Waals surface area (Å²) in [5, 5.41) is 11.0. The topological polar surface area (TPSA) is 124 Å². The first-order chi connectivity index (χ1) is 11.3. The van der Waals surface area contributed by atoms with Crippen molar-refractivity contribution in [1.82, 2.24) is 4.90 Å². The number of Topliss-reactive ketones (excluding diaryl/α,β-unsaturated/α-hetero) is 1. The number of carbonyl (C=O) groups is 4. The largest absolute Gasteiger partial charge is 0.465 e. The van der Waals surface area contributed by atoms with Gasteiger partial charge < -0.3 is 4.74 Å². The lowest BCUT2D eigenvalue weighted by Gasteiger charge is -2.19. The Labute approximate surface area is 136 Å². The molecule has 1 aromatic carbocycles. The molecule has 0 saturated carbocycles. The van der Waals surface area contributed by atoms with Gasteiger partial charge in [-0.05, 0) is 19.9 Å². The number of nitrogens with zero attached hydrogens (tertiary/aromatic N) is 2. The third-order valence-corrected chi connectivity index (χ3v) is 3.60. The molecule has 0 saturated heterocycles. The van der Waals surface area contributed by atoms with E-state index in [9.17, 15) is 29.3 Å². The summed E-state index contributed by atoms with van der Waals surface area (Å²) >= 11 is 0. The average Bonchev–Trinajstić information content (AvgIpc) is 2.76. The molecule has 0 N–H and O–H groups in total. The molecule has 0 bridgehead atoms. The van der Waals surface area contributed by atoms with E-state index < -0.39 is 46.6 Å². The first kappa shape index (κ1) is 17.3. The molecular weight excluding hydrogens is 320 g/mol. The molecule has 0 fully saturated rings. The zero-order chi connectivity index (χ0) is 18.0. The van der Waals surface area contributed by atoms with Crippen molar-refractivity contribution < 1.29 is 28.8 Å². The molecular formula is C15H14N2O7. The normalized spacial score (nSPS) is 14.3. The molecule has 1 atom stereocenters. The third-order valence-electron chi connectivity index (χ3n) is 3.60. The van der Waals surface area contributed by atoms with Gasteiger partial charge in [-0.15, -0.1) is 0 Å². The summed E-state index contributed by atoms with van der Waals surface area (Å²) < 4.78 is 4.77. The standard InChI is InChI=1S/C15H14N2O7/c1-3-24-15(21)10(8(2)18)7-16-13(19)9-5-4-6-11(17(22)23)12(9)14(16)20/h4-6,10H,3,7H2,1-2H3. The zero-order valence-corrected chi connectivity index (χ0v) is 13.0. The van der Waals surface area contributed by atoms with Gasteiger partial charge in [0.25, 0.3) is 17.5 Å². The molecule has 24 heavy (non-hydrogen) atoms. The van der Waals surface area contributed by atoms with Crippen LogP contribution in [0.3, 0.4) is 0 Å². The van der Waals surface area contributed by atoms with Gasteiger partial charge in [-0.2, -0.15) is 0 Å². The molecule has 1 unspecified atom stereocenters. The fourth-order valence-corrected chi connectivity index (χ4v) is 2.43. The van der Waals surface area contributed by atoms with Crippen molar-refractivity contribution in [2.24, 2.45) is 5.92 Å². The number of benzene rings is 1. The highest BCUT2D eigenvalue weighted by Crippen LogP contribution is 2.31. The van der Waals surface area contributed by atoms with Crippen molar-refractivity contribution in [2.75, 3.05) is 13.2 Å². The molecule has 1 aliphatic heterocycles. The van der Waals surface area contributed by atoms with Gasteiger partial charge in [-0.25, -0.2) is 0 Å². The second-order valence-electron chi connectivity index (χ2n) is 5.09. The number of nitro groups is 1. The molecule has 126 valence electrons. The molecule has 0 aromatic heterocycles. The van der Waals surface area contributed by atoms with Gasteiger partial charge in [0.1, 0.15) is 17.3 Å². The summed E-state index contributed by atoms with van der Waals surface area (Å²) in [7, 11) is 0. The third kappa shape index (κ3) is 2.87. The van der Waals surface area contributed by atoms with Gasteiger partial charge in [0.15, 0.2) is 0 Å². The van der Waals surface area contributed by atoms with Gasteiger partial charge in [0, 0.05) is 12.6 Å². The van der Waals surface area contributed by atoms with Crippen LogP contribution in [-0.2, 0) is 14.3 Å². The van der Waals surface area contributed by atoms with E-state index in [2.05, 4.69) is 0 Å². The number of hydrogen-bond donors (Lipinski definition) is 0. The molecule has 1 heterocycles. The van der Waals surface area contributed by atoms with E-state index >= 15 is 0 Å². The first-order valence-electron chi connectivity index (χ1n) is 7.10. The number of amides is 2. The van der Waals surface area contributed by atoms with Gasteiger partial charge in [-0.1, -0.05) is 6.07 Å². The van der Waals surface area contributed by atoms with Crippen LogP contribution in [0.2, 0.25) is 0 Å². The predicted octanol–water partition coefficient (Wildman–Crippen LogP) is 0.959. The Kier molecular flexibility index (Phi) is 4.72. The summed E-state index contributed by atoms with van der Waals surface area (Å²) in [5.74, 6) is -4.44. The average molecular weight is 334 g/mol. The van der Waals surface area contributed by atoms with E-state index in [0.29, 0.717) is 4.90 Å². The number of carbonyl (C=O) groups excluding carboxylic acids is 4. The minimum absolute atomic E-state index is 0.0379. The maximum Gasteiger partial charge on any atom is 0.318 e. The van der Waals surface area contributed by atoms with E-state index in [1.165, 1.54) is 12.1 Å². The van der Waals surface area contributed by atoms with Crippen LogP contribution in [0, 0.1) is 16.0 Å². The number of esters is 1. The maximum absolute atomic E-state index is 12.4. The van der Waals surface area contributed by atoms with Crippen molar-refractivity contribution >= 4 is 29.3 Å². The SMILES string of the molecule is CCOC(=O)C(CN1C(=O)c2cccc([N+](=O)[O-])c2C1=O)C(C)=O. The number of fused-ring (bicyclic) bond motifs is 1. The molecule has 9 heteroatoms. The van der Waals surface area contributed by atoms with E-state index in [-0.39, 0.29) is 17.7 Å². The fourth-order valence-electron chi connectivity index (χ4n) is 2.43. The van der Waals surface area contributed by atoms with Gasteiger partial charge in [-0.3, -0.25) is 34.2 Å². The Bertz CT molecular complexity index is 756. The zero-order valence-electron chi connectivity index (χ0n) is 13.0. The predicted molar refractivity (Wildman–Crippen MR) is 79.3 cm³/mol. The lowest BCUT2D eigenvalue weighted by atomic mass is 10.1. The number of imide groups is 1. The summed E-state index contributed by atoms with van der Waals surface area (Å²) in [4.78, 5) is 59.2. The lowest BCUT2D eigenvalue weighted by Crippen LogP contribution is -2.40. The Morgan fingerprint density at radius 1 is 1.29 bits per heavy atom. The van der Waals surface area contributed by atoms with Crippen LogP contribution < -0.4 is 0 Å². The number of ketones is 1. The monoisotopic (exact) mass is 334 g/mol. The Morgan fingerprint density at radius 3 is 2.50 bits per heavy atom. The van der Waals surface area contributed by atoms with E-state index in [1.54, 1.807) is 6.92 Å². The smallest absolute Gasteiger partial charge is 0.318 e. The quantitative estimate of drug-likeness (QED) is 0.249. The van der Waals surface area contributed by atoms with E-state index in [0.717, 1.165) is 13.0 Å². The minimum atomic E-state index is -1.33. The van der Waals surface area contributed by atoms with Crippen LogP contribution >= 0.6 is 0 Å². The van der Waals surface area contributed by atoms with Crippen LogP contribution in [0.15, 0.2) is 18.2 Å². The molecule has 2 amide bonds. The summed E-state index contributed by atoms with van der Waals surface area (Å²) in [6.45, 7) is 2.22. The van der Waals surface area contributed by atoms with Crippen molar-refractivity contribution in [3.63, 3.8) is 0 Å². The minimum Gasteiger partial charge on any atom is -0.465 e. The maximum atomic E-state index is 12.4. The molecule has 1 aromatic rings. The highest BCUT2D eigenvalue weighted by Gasteiger charge is 2.43. The van der Waals surface area contributed by atoms with Crippen molar-refractivity contribution in [1.29, 1.82) is 0 Å². The lowest BCUT2D eigenvalue weighted by molar-refractivity contribution is -0.385. The molecule has 9 nitrogen and oxygen atoms in total. The highest BCUT2D eigenvalue weighted by atomic mass is 16.6. The molecule has 0 radical (unpaired) electrons. The van der Waals surface area contributed by atoms with Gasteiger partial charge in [0.2, 0.25) is 0 Å². The Hall–Kier alpha value is -3.10. The van der Waals surface area contributed by atoms with Crippen molar-refractivity contribution in [3.8, 4) is 0 Å². The van der Waals surface area contributed by atoms with Gasteiger partial charge in [0.05, 0.1) is 17.1 Å². The summed E-state index contributed by atoms with van der Waals surface area (Å²) in [5.41, 5.74) is -0.956. The van der Waals surface area contributed by atoms with E-state index in [1.807, 2.05) is 0 Å². The second-order valence-corrected chi connectivity index (χ2v) is 5.09. The Balaban J connectivity index is 2.37. The number of rotatable bonds is 6. The highest BCUT2D eigenvalue weighted by molar-refractivity contribution is 6.23. The van der Waals surface area contributed by atoms with Crippen LogP contribution in [0.25, 0.3) is 0 Å². The fraction of sp³-hybridized carbons (Fsp3) is 0.333. The summed E-state index contributed by atoms with van der Waals surface area (Å²) in [6.07, 6.45) is 0. The van der Waals surface area contributed by atoms with Gasteiger partial charge >= 0.3 is 5.97 Å². The molecule has 0 aliphatic carbocycles. The van der Waals surface area contributed by atoms with Crippen LogP contribution in [0.5, 0.6) is 0 Å². The van der Waals surface area contributed by atoms with Crippen LogP contribution in [-0.4, -0.2) is 46.5 Å². The first-order valence-corrected chi connectivity index (χ1v) is 7.10. The van der Waals surface area contributed by atoms with Crippen LogP contribution in [0.4, 0.5) is 5.69 Å². The molecule has 0 spiro atoms. The molecule has 2 rings (SSSR count). The Morgan fingerprint density at radius 2 is 1.96 bits per heavy atom. The second kappa shape index (κ2) is 6.57. The number of ether oxygens (including phenoxy) is 1. The van der Waals surface area contributed by atoms with Crippen LogP contribution in [0.1, 0.15) is 34.6 Å². The number of hydrogen-bond acceptors (Lipinski definition) is 7. The number of nitro benzene ring substituents is 1.